The molecule has 3 aliphatic rings. The minimum atomic E-state index is -0.379. The highest BCUT2D eigenvalue weighted by molar-refractivity contribution is 9.10. The summed E-state index contributed by atoms with van der Waals surface area (Å²) in [5.74, 6) is 1.30. The van der Waals surface area contributed by atoms with Crippen LogP contribution in [0.4, 0.5) is 34.5 Å². The van der Waals surface area contributed by atoms with Crippen LogP contribution < -0.4 is 20.8 Å². The van der Waals surface area contributed by atoms with Gasteiger partial charge in [-0.15, -0.1) is 0 Å². The molecule has 10 heteroatoms. The molecule has 0 aliphatic carbocycles. The number of benzene rings is 2. The van der Waals surface area contributed by atoms with Crippen LogP contribution >= 0.6 is 23.9 Å². The molecule has 0 radical (unpaired) electrons. The molecule has 2 saturated heterocycles. The van der Waals surface area contributed by atoms with Gasteiger partial charge < -0.3 is 20.4 Å². The molecule has 2 N–H and O–H groups in total. The second-order valence-electron chi connectivity index (χ2n) is 12.4. The van der Waals surface area contributed by atoms with E-state index in [1.54, 1.807) is 0 Å². The van der Waals surface area contributed by atoms with Crippen LogP contribution in [0, 0.1) is 6.92 Å². The smallest absolute Gasteiger partial charge is 0.229 e. The molecule has 0 atom stereocenters. The first-order valence-electron chi connectivity index (χ1n) is 15.6. The molecule has 2 fully saturated rings. The second kappa shape index (κ2) is 13.7. The van der Waals surface area contributed by atoms with E-state index in [1.165, 1.54) is 61.1 Å². The normalized spacial score (nSPS) is 18.2. The van der Waals surface area contributed by atoms with Crippen LogP contribution in [0.25, 0.3) is 0 Å². The Kier molecular flexibility index (Phi) is 9.67. The van der Waals surface area contributed by atoms with E-state index in [9.17, 15) is 0 Å². The third-order valence-electron chi connectivity index (χ3n) is 8.99. The van der Waals surface area contributed by atoms with Gasteiger partial charge in [0.25, 0.3) is 0 Å². The molecule has 3 aromatic rings. The number of halogens is 1. The number of anilines is 5. The Morgan fingerprint density at radius 1 is 0.955 bits per heavy atom. The highest BCUT2D eigenvalue weighted by Crippen LogP contribution is 2.38. The Morgan fingerprint density at radius 2 is 1.73 bits per heavy atom. The fourth-order valence-corrected chi connectivity index (χ4v) is 8.28. The number of aliphatic imine (C=N–C) groups is 1. The van der Waals surface area contributed by atoms with Crippen molar-refractivity contribution < 1.29 is 0 Å². The molecule has 0 bridgehead atoms. The lowest BCUT2D eigenvalue weighted by Crippen LogP contribution is -2.52. The molecular formula is C34H44BrN8P. The van der Waals surface area contributed by atoms with Crippen LogP contribution in [0.2, 0.25) is 0 Å². The van der Waals surface area contributed by atoms with Gasteiger partial charge in [-0.1, -0.05) is 14.0 Å². The summed E-state index contributed by atoms with van der Waals surface area (Å²) in [6.45, 7) is 15.9. The largest absolute Gasteiger partial charge is 0.371 e. The van der Waals surface area contributed by atoms with Gasteiger partial charge in [-0.25, -0.2) is 4.98 Å². The maximum absolute atomic E-state index is 4.87. The third-order valence-corrected chi connectivity index (χ3v) is 11.0. The van der Waals surface area contributed by atoms with E-state index in [-0.39, 0.29) is 7.92 Å². The molecule has 3 aliphatic heterocycles. The van der Waals surface area contributed by atoms with Crippen LogP contribution in [0.1, 0.15) is 30.9 Å². The van der Waals surface area contributed by atoms with Crippen LogP contribution in [0.5, 0.6) is 0 Å². The van der Waals surface area contributed by atoms with Crippen molar-refractivity contribution in [2.24, 2.45) is 4.99 Å². The minimum absolute atomic E-state index is 0.379. The van der Waals surface area contributed by atoms with Gasteiger partial charge in [0.2, 0.25) is 5.95 Å². The van der Waals surface area contributed by atoms with E-state index in [2.05, 4.69) is 123 Å². The SMILES string of the molecule is CC1=Nc2ccc(Nc3nc(Nc4ccc(N5CCC(N6CCN(C)CC6)CC5)c(C)c4)ncc3Br)c(P(C)C)c2CC=C1. The topological polar surface area (TPSA) is 71.9 Å². The zero-order valence-corrected chi connectivity index (χ0v) is 29.0. The van der Waals surface area contributed by atoms with Gasteiger partial charge in [-0.05, 0) is 117 Å². The first kappa shape index (κ1) is 31.2. The van der Waals surface area contributed by atoms with E-state index >= 15 is 0 Å². The highest BCUT2D eigenvalue weighted by atomic mass is 79.9. The molecule has 8 nitrogen and oxygen atoms in total. The number of aryl methyl sites for hydroxylation is 1. The molecule has 232 valence electrons. The molecular weight excluding hydrogens is 631 g/mol. The first-order valence-corrected chi connectivity index (χ1v) is 18.7. The van der Waals surface area contributed by atoms with Crippen molar-refractivity contribution in [2.75, 3.05) is 75.2 Å². The van der Waals surface area contributed by atoms with E-state index < -0.39 is 0 Å². The summed E-state index contributed by atoms with van der Waals surface area (Å²) < 4.78 is 0.820. The predicted molar refractivity (Wildman–Crippen MR) is 192 cm³/mol. The van der Waals surface area contributed by atoms with Gasteiger partial charge in [0.05, 0.1) is 10.2 Å². The maximum atomic E-state index is 4.87. The average molecular weight is 676 g/mol. The van der Waals surface area contributed by atoms with Crippen LogP contribution in [-0.2, 0) is 6.42 Å². The average Bonchev–Trinajstić information content (AvgIpc) is 3.20. The number of rotatable bonds is 7. The lowest BCUT2D eigenvalue weighted by molar-refractivity contribution is 0.0982. The lowest BCUT2D eigenvalue weighted by atomic mass is 10.0. The van der Waals surface area contributed by atoms with Crippen molar-refractivity contribution in [2.45, 2.75) is 39.2 Å². The summed E-state index contributed by atoms with van der Waals surface area (Å²) in [7, 11) is 1.85. The fourth-order valence-electron chi connectivity index (χ4n) is 6.64. The minimum Gasteiger partial charge on any atom is -0.371 e. The molecule has 0 amide bonds. The summed E-state index contributed by atoms with van der Waals surface area (Å²) in [4.78, 5) is 22.0. The summed E-state index contributed by atoms with van der Waals surface area (Å²) in [5.41, 5.74) is 8.05. The first-order chi connectivity index (χ1) is 21.2. The summed E-state index contributed by atoms with van der Waals surface area (Å²) in [6, 6.07) is 11.6. The molecule has 0 spiro atoms. The lowest BCUT2D eigenvalue weighted by Gasteiger charge is -2.43. The number of aromatic nitrogens is 2. The van der Waals surface area contributed by atoms with Gasteiger partial charge >= 0.3 is 0 Å². The van der Waals surface area contributed by atoms with E-state index in [1.807, 2.05) is 6.20 Å². The Hall–Kier alpha value is -2.84. The number of allylic oxidation sites excluding steroid dienone is 2. The van der Waals surface area contributed by atoms with E-state index in [0.717, 1.165) is 58.6 Å². The van der Waals surface area contributed by atoms with Gasteiger partial charge in [0.15, 0.2) is 0 Å². The molecule has 1 aromatic heterocycles. The van der Waals surface area contributed by atoms with Gasteiger partial charge in [0, 0.05) is 79.6 Å². The number of likely N-dealkylation sites (N-methyl/N-ethyl adjacent to an activating group) is 1. The summed E-state index contributed by atoms with van der Waals surface area (Å²) in [5, 5.41) is 8.40. The monoisotopic (exact) mass is 674 g/mol. The van der Waals surface area contributed by atoms with Gasteiger partial charge in [-0.3, -0.25) is 9.89 Å². The summed E-state index contributed by atoms with van der Waals surface area (Å²) >= 11 is 3.67. The third kappa shape index (κ3) is 7.02. The molecule has 2 aromatic carbocycles. The number of nitrogens with zero attached hydrogens (tertiary/aromatic N) is 6. The van der Waals surface area contributed by atoms with Crippen molar-refractivity contribution in [3.8, 4) is 0 Å². The van der Waals surface area contributed by atoms with Gasteiger partial charge in [0.1, 0.15) is 5.82 Å². The zero-order valence-electron chi connectivity index (χ0n) is 26.6. The molecule has 0 saturated carbocycles. The maximum Gasteiger partial charge on any atom is 0.229 e. The zero-order chi connectivity index (χ0) is 30.8. The van der Waals surface area contributed by atoms with Crippen molar-refractivity contribution in [1.29, 1.82) is 0 Å². The number of piperidine rings is 1. The van der Waals surface area contributed by atoms with E-state index in [0.29, 0.717) is 5.95 Å². The van der Waals surface area contributed by atoms with Crippen molar-refractivity contribution in [3.05, 3.63) is 64.3 Å². The quantitative estimate of drug-likeness (QED) is 0.267. The fraction of sp³-hybridized carbons (Fsp3) is 0.441. The van der Waals surface area contributed by atoms with Crippen molar-refractivity contribution >= 4 is 69.4 Å². The molecule has 4 heterocycles. The molecule has 6 rings (SSSR count). The van der Waals surface area contributed by atoms with Crippen molar-refractivity contribution in [1.82, 2.24) is 19.8 Å². The van der Waals surface area contributed by atoms with Crippen molar-refractivity contribution in [3.63, 3.8) is 0 Å². The van der Waals surface area contributed by atoms with E-state index in [4.69, 9.17) is 9.98 Å². The Bertz CT molecular complexity index is 1560. The van der Waals surface area contributed by atoms with Gasteiger partial charge in [-0.2, -0.15) is 4.98 Å². The Morgan fingerprint density at radius 3 is 2.45 bits per heavy atom. The summed E-state index contributed by atoms with van der Waals surface area (Å²) in [6.07, 6.45) is 9.48. The number of nitrogens with one attached hydrogen (secondary N) is 2. The number of hydrogen-bond acceptors (Lipinski definition) is 8. The second-order valence-corrected chi connectivity index (χ2v) is 15.5. The number of hydrogen-bond donors (Lipinski definition) is 2. The number of piperazine rings is 1. The Balaban J connectivity index is 1.14. The molecule has 0 unspecified atom stereocenters. The van der Waals surface area contributed by atoms with Crippen LogP contribution in [0.15, 0.2) is 58.1 Å². The predicted octanol–water partition coefficient (Wildman–Crippen LogP) is 6.82. The highest BCUT2D eigenvalue weighted by Gasteiger charge is 2.27. The molecule has 44 heavy (non-hydrogen) atoms. The number of fused-ring (bicyclic) bond motifs is 1. The van der Waals surface area contributed by atoms with Crippen LogP contribution in [-0.4, -0.2) is 91.2 Å². The Labute approximate surface area is 271 Å². The standard InChI is InChI=1S/C34H44BrN8P/c1-23-21-25(9-12-31(23)43-15-13-26(14-16-43)42-19-17-41(3)18-20-42)38-34-36-22-28(35)33(40-34)39-30-11-10-29-27(32(30)44(4)5)8-6-7-24(2)37-29/h6-7,9-12,21-22,26H,8,13-20H2,1-5H3,(H2,36,38,39,40). The van der Waals surface area contributed by atoms with Crippen LogP contribution in [0.3, 0.4) is 0 Å².